The monoisotopic (exact) mass is 326 g/mol. The Balaban J connectivity index is 1.88. The molecule has 24 heavy (non-hydrogen) atoms. The Hall–Kier alpha value is -3.35. The van der Waals surface area contributed by atoms with E-state index in [0.29, 0.717) is 34.3 Å². The largest absolute Gasteiger partial charge is 0.496 e. The van der Waals surface area contributed by atoms with E-state index in [2.05, 4.69) is 10.1 Å². The summed E-state index contributed by atoms with van der Waals surface area (Å²) in [5, 5.41) is 12.6. The van der Waals surface area contributed by atoms with Crippen molar-refractivity contribution in [2.24, 2.45) is 0 Å². The summed E-state index contributed by atoms with van der Waals surface area (Å²) in [6.45, 7) is -0.417. The Kier molecular flexibility index (Phi) is 4.42. The van der Waals surface area contributed by atoms with Crippen molar-refractivity contribution >= 4 is 5.97 Å². The molecule has 0 amide bonds. The van der Waals surface area contributed by atoms with Crippen molar-refractivity contribution in [2.45, 2.75) is 0 Å². The van der Waals surface area contributed by atoms with Crippen LogP contribution in [0.5, 0.6) is 11.5 Å². The summed E-state index contributed by atoms with van der Waals surface area (Å²) in [5.74, 6) is 0.711. The lowest BCUT2D eigenvalue weighted by atomic mass is 10.2. The number of aromatic nitrogens is 2. The molecule has 7 heteroatoms. The van der Waals surface area contributed by atoms with Crippen LogP contribution in [0.25, 0.3) is 22.8 Å². The quantitative estimate of drug-likeness (QED) is 0.744. The van der Waals surface area contributed by atoms with Crippen molar-refractivity contribution in [3.8, 4) is 34.3 Å². The van der Waals surface area contributed by atoms with Gasteiger partial charge in [-0.15, -0.1) is 0 Å². The van der Waals surface area contributed by atoms with Crippen LogP contribution in [0.2, 0.25) is 0 Å². The molecule has 0 unspecified atom stereocenters. The summed E-state index contributed by atoms with van der Waals surface area (Å²) in [4.78, 5) is 14.9. The zero-order chi connectivity index (χ0) is 16.9. The second-order valence-electron chi connectivity index (χ2n) is 4.83. The van der Waals surface area contributed by atoms with E-state index >= 15 is 0 Å². The third kappa shape index (κ3) is 3.35. The van der Waals surface area contributed by atoms with E-state index in [-0.39, 0.29) is 0 Å². The molecule has 0 atom stereocenters. The number of hydrogen-bond acceptors (Lipinski definition) is 6. The number of carboxylic acid groups (broad SMARTS) is 1. The number of nitrogens with zero attached hydrogens (tertiary/aromatic N) is 2. The summed E-state index contributed by atoms with van der Waals surface area (Å²) < 4.78 is 15.7. The molecule has 0 aliphatic carbocycles. The summed E-state index contributed by atoms with van der Waals surface area (Å²) in [6.07, 6.45) is 0. The van der Waals surface area contributed by atoms with E-state index in [9.17, 15) is 4.79 Å². The van der Waals surface area contributed by atoms with Crippen LogP contribution >= 0.6 is 0 Å². The van der Waals surface area contributed by atoms with Crippen molar-refractivity contribution in [3.05, 3.63) is 48.5 Å². The van der Waals surface area contributed by atoms with Gasteiger partial charge in [-0.25, -0.2) is 4.79 Å². The summed E-state index contributed by atoms with van der Waals surface area (Å²) in [6, 6.07) is 14.1. The van der Waals surface area contributed by atoms with Gasteiger partial charge in [0.25, 0.3) is 5.89 Å². The van der Waals surface area contributed by atoms with Crippen LogP contribution in [0.4, 0.5) is 0 Å². The predicted molar refractivity (Wildman–Crippen MR) is 84.9 cm³/mol. The van der Waals surface area contributed by atoms with Crippen LogP contribution in [0.3, 0.4) is 0 Å². The number of ether oxygens (including phenoxy) is 2. The van der Waals surface area contributed by atoms with Crippen LogP contribution in [-0.4, -0.2) is 34.9 Å². The minimum atomic E-state index is -1.04. The summed E-state index contributed by atoms with van der Waals surface area (Å²) >= 11 is 0. The maximum absolute atomic E-state index is 10.6. The lowest BCUT2D eigenvalue weighted by Crippen LogP contribution is -2.09. The maximum atomic E-state index is 10.6. The molecule has 0 aliphatic heterocycles. The van der Waals surface area contributed by atoms with Gasteiger partial charge in [-0.2, -0.15) is 4.98 Å². The lowest BCUT2D eigenvalue weighted by Gasteiger charge is -2.04. The Morgan fingerprint density at radius 1 is 1.21 bits per heavy atom. The number of carbonyl (C=O) groups is 1. The van der Waals surface area contributed by atoms with Gasteiger partial charge in [-0.05, 0) is 30.3 Å². The van der Waals surface area contributed by atoms with Gasteiger partial charge in [0.1, 0.15) is 11.5 Å². The molecular formula is C17H14N2O5. The van der Waals surface area contributed by atoms with E-state index in [1.54, 1.807) is 31.4 Å². The standard InChI is InChI=1S/C17H14N2O5/c1-22-14-8-3-2-7-13(14)16-18-17(24-19-16)11-5-4-6-12(9-11)23-10-15(20)21/h2-9H,10H2,1H3,(H,20,21). The van der Waals surface area contributed by atoms with Gasteiger partial charge in [0.05, 0.1) is 12.7 Å². The van der Waals surface area contributed by atoms with Crippen molar-refractivity contribution in [1.29, 1.82) is 0 Å². The number of aliphatic carboxylic acids is 1. The second-order valence-corrected chi connectivity index (χ2v) is 4.83. The fraction of sp³-hybridized carbons (Fsp3) is 0.118. The molecule has 0 radical (unpaired) electrons. The van der Waals surface area contributed by atoms with Gasteiger partial charge in [-0.1, -0.05) is 23.4 Å². The average Bonchev–Trinajstić information content (AvgIpc) is 3.10. The summed E-state index contributed by atoms with van der Waals surface area (Å²) in [7, 11) is 1.57. The number of methoxy groups -OCH3 is 1. The zero-order valence-corrected chi connectivity index (χ0v) is 12.8. The van der Waals surface area contributed by atoms with Crippen molar-refractivity contribution < 1.29 is 23.9 Å². The molecule has 7 nitrogen and oxygen atoms in total. The van der Waals surface area contributed by atoms with Gasteiger partial charge in [-0.3, -0.25) is 0 Å². The Morgan fingerprint density at radius 2 is 2.04 bits per heavy atom. The third-order valence-electron chi connectivity index (χ3n) is 3.22. The van der Waals surface area contributed by atoms with Crippen LogP contribution in [0.1, 0.15) is 0 Å². The van der Waals surface area contributed by atoms with E-state index in [1.165, 1.54) is 0 Å². The van der Waals surface area contributed by atoms with Gasteiger partial charge >= 0.3 is 5.97 Å². The number of rotatable bonds is 6. The molecule has 0 saturated carbocycles. The van der Waals surface area contributed by atoms with Gasteiger partial charge in [0, 0.05) is 5.56 Å². The van der Waals surface area contributed by atoms with Crippen LogP contribution in [0, 0.1) is 0 Å². The molecule has 1 heterocycles. The lowest BCUT2D eigenvalue weighted by molar-refractivity contribution is -0.139. The Labute approximate surface area is 137 Å². The highest BCUT2D eigenvalue weighted by Crippen LogP contribution is 2.30. The molecule has 122 valence electrons. The topological polar surface area (TPSA) is 94.7 Å². The molecule has 0 saturated heterocycles. The van der Waals surface area contributed by atoms with Gasteiger partial charge in [0.15, 0.2) is 6.61 Å². The first kappa shape index (κ1) is 15.5. The molecule has 0 spiro atoms. The number of benzene rings is 2. The highest BCUT2D eigenvalue weighted by molar-refractivity contribution is 5.69. The Morgan fingerprint density at radius 3 is 2.83 bits per heavy atom. The molecule has 3 aromatic rings. The third-order valence-corrected chi connectivity index (χ3v) is 3.22. The highest BCUT2D eigenvalue weighted by Gasteiger charge is 2.14. The molecule has 3 rings (SSSR count). The van der Waals surface area contributed by atoms with E-state index < -0.39 is 12.6 Å². The van der Waals surface area contributed by atoms with E-state index in [4.69, 9.17) is 19.1 Å². The van der Waals surface area contributed by atoms with Crippen LogP contribution in [0.15, 0.2) is 53.1 Å². The SMILES string of the molecule is COc1ccccc1-c1noc(-c2cccc(OCC(=O)O)c2)n1. The molecule has 0 aliphatic rings. The van der Waals surface area contributed by atoms with Crippen LogP contribution < -0.4 is 9.47 Å². The minimum Gasteiger partial charge on any atom is -0.496 e. The molecule has 0 bridgehead atoms. The fourth-order valence-corrected chi connectivity index (χ4v) is 2.14. The Bertz CT molecular complexity index is 859. The minimum absolute atomic E-state index is 0.302. The van der Waals surface area contributed by atoms with Gasteiger partial charge < -0.3 is 19.1 Å². The smallest absolute Gasteiger partial charge is 0.341 e. The van der Waals surface area contributed by atoms with E-state index in [1.807, 2.05) is 24.3 Å². The number of para-hydroxylation sites is 1. The molecule has 1 N–H and O–H groups in total. The molecular weight excluding hydrogens is 312 g/mol. The predicted octanol–water partition coefficient (Wildman–Crippen LogP) is 2.88. The van der Waals surface area contributed by atoms with E-state index in [0.717, 1.165) is 0 Å². The first-order valence-electron chi connectivity index (χ1n) is 7.09. The van der Waals surface area contributed by atoms with Crippen molar-refractivity contribution in [3.63, 3.8) is 0 Å². The first-order chi connectivity index (χ1) is 11.7. The van der Waals surface area contributed by atoms with Gasteiger partial charge in [0.2, 0.25) is 5.82 Å². The number of carboxylic acids is 1. The average molecular weight is 326 g/mol. The second kappa shape index (κ2) is 6.82. The molecule has 2 aromatic carbocycles. The normalized spacial score (nSPS) is 10.4. The van der Waals surface area contributed by atoms with Crippen molar-refractivity contribution in [2.75, 3.05) is 13.7 Å². The van der Waals surface area contributed by atoms with Crippen molar-refractivity contribution in [1.82, 2.24) is 10.1 Å². The molecule has 0 fully saturated rings. The highest BCUT2D eigenvalue weighted by atomic mass is 16.5. The fourth-order valence-electron chi connectivity index (χ4n) is 2.14. The first-order valence-corrected chi connectivity index (χ1v) is 7.09. The zero-order valence-electron chi connectivity index (χ0n) is 12.8. The van der Waals surface area contributed by atoms with Crippen LogP contribution in [-0.2, 0) is 4.79 Å². The maximum Gasteiger partial charge on any atom is 0.341 e. The summed E-state index contributed by atoms with van der Waals surface area (Å²) in [5.41, 5.74) is 1.35. The molecule has 1 aromatic heterocycles. The number of hydrogen-bond donors (Lipinski definition) is 1.